The molecule has 10 heteroatoms. The van der Waals surface area contributed by atoms with Gasteiger partial charge in [-0.05, 0) is 37.8 Å². The van der Waals surface area contributed by atoms with Gasteiger partial charge in [-0.25, -0.2) is 15.0 Å². The summed E-state index contributed by atoms with van der Waals surface area (Å²) in [6.07, 6.45) is 6.58. The van der Waals surface area contributed by atoms with Gasteiger partial charge in [0.2, 0.25) is 11.9 Å². The number of carbonyl (C=O) groups excluding carboxylic acids is 1. The number of nitrogens with two attached hydrogens (primary N) is 1. The zero-order chi connectivity index (χ0) is 21.1. The van der Waals surface area contributed by atoms with Crippen molar-refractivity contribution in [3.63, 3.8) is 0 Å². The maximum absolute atomic E-state index is 12.9. The number of nitrogens with one attached hydrogen (secondary N) is 1. The number of carbonyl (C=O) groups is 1. The third-order valence-electron chi connectivity index (χ3n) is 4.87. The van der Waals surface area contributed by atoms with Crippen molar-refractivity contribution in [2.24, 2.45) is 7.05 Å². The zero-order valence-corrected chi connectivity index (χ0v) is 16.6. The first-order valence-corrected chi connectivity index (χ1v) is 9.73. The van der Waals surface area contributed by atoms with E-state index in [0.29, 0.717) is 35.6 Å². The van der Waals surface area contributed by atoms with Gasteiger partial charge in [-0.15, -0.1) is 0 Å². The molecule has 1 aromatic carbocycles. The molecule has 3 aromatic rings. The summed E-state index contributed by atoms with van der Waals surface area (Å²) < 4.78 is 13.1. The molecule has 10 nitrogen and oxygen atoms in total. The van der Waals surface area contributed by atoms with Gasteiger partial charge in [0.15, 0.2) is 11.5 Å². The molecule has 0 bridgehead atoms. The van der Waals surface area contributed by atoms with Crippen LogP contribution in [0.2, 0.25) is 0 Å². The van der Waals surface area contributed by atoms with Gasteiger partial charge in [-0.3, -0.25) is 19.5 Å². The number of nitrogens with zero attached hydrogens (tertiary/aromatic N) is 4. The van der Waals surface area contributed by atoms with Crippen LogP contribution in [0.5, 0.6) is 11.5 Å². The number of hydrogen-bond donors (Lipinski definition) is 2. The van der Waals surface area contributed by atoms with Crippen LogP contribution in [0, 0.1) is 0 Å². The second kappa shape index (κ2) is 8.36. The van der Waals surface area contributed by atoms with Crippen LogP contribution in [-0.4, -0.2) is 38.6 Å². The summed E-state index contributed by atoms with van der Waals surface area (Å²) in [5, 5.41) is 3.01. The van der Waals surface area contributed by atoms with Crippen molar-refractivity contribution in [2.75, 3.05) is 24.3 Å². The lowest BCUT2D eigenvalue weighted by molar-refractivity contribution is 0.102. The summed E-state index contributed by atoms with van der Waals surface area (Å²) >= 11 is 0. The summed E-state index contributed by atoms with van der Waals surface area (Å²) in [5.74, 6) is 0.572. The maximum atomic E-state index is 12.9. The number of benzene rings is 1. The second-order valence-electron chi connectivity index (χ2n) is 6.98. The molecule has 0 radical (unpaired) electrons. The summed E-state index contributed by atoms with van der Waals surface area (Å²) in [5.41, 5.74) is 5.68. The lowest BCUT2D eigenvalue weighted by atomic mass is 10.2. The number of ether oxygens (including phenoxy) is 2. The van der Waals surface area contributed by atoms with Crippen LogP contribution >= 0.6 is 0 Å². The van der Waals surface area contributed by atoms with Crippen LogP contribution in [0.3, 0.4) is 0 Å². The highest BCUT2D eigenvalue weighted by Crippen LogP contribution is 2.35. The van der Waals surface area contributed by atoms with Gasteiger partial charge in [0.25, 0.3) is 11.5 Å². The van der Waals surface area contributed by atoms with Gasteiger partial charge in [0.1, 0.15) is 5.52 Å². The number of aromatic nitrogens is 4. The Kier molecular flexibility index (Phi) is 5.46. The maximum Gasteiger partial charge on any atom is 0.262 e. The highest BCUT2D eigenvalue weighted by Gasteiger charge is 2.19. The monoisotopic (exact) mass is 410 g/mol. The standard InChI is InChI=1S/C20H22N6O4/c1-26-18(28)13-6-7-14-16(30-9-5-3-2-4-8-29-14)15(13)24-20(26)25-17(27)12-10-22-19(21)23-11-12/h6-7,10-11H,2-5,8-9H2,1H3,(H2,21,22,23)(H,24,25,27). The van der Waals surface area contributed by atoms with Gasteiger partial charge in [-0.1, -0.05) is 0 Å². The predicted octanol–water partition coefficient (Wildman–Crippen LogP) is 1.89. The molecule has 0 saturated heterocycles. The van der Waals surface area contributed by atoms with Crippen molar-refractivity contribution in [3.05, 3.63) is 40.4 Å². The van der Waals surface area contributed by atoms with E-state index in [1.807, 2.05) is 0 Å². The molecule has 0 unspecified atom stereocenters. The van der Waals surface area contributed by atoms with Gasteiger partial charge in [0.05, 0.1) is 24.2 Å². The number of fused-ring (bicyclic) bond motifs is 3. The van der Waals surface area contributed by atoms with Crippen molar-refractivity contribution >= 4 is 28.7 Å². The van der Waals surface area contributed by atoms with Crippen LogP contribution < -0.4 is 26.1 Å². The third kappa shape index (κ3) is 3.88. The molecule has 0 atom stereocenters. The number of nitrogen functional groups attached to an aromatic ring is 1. The molecule has 0 fully saturated rings. The summed E-state index contributed by atoms with van der Waals surface area (Å²) in [6.45, 7) is 1.06. The van der Waals surface area contributed by atoms with E-state index in [1.54, 1.807) is 12.1 Å². The van der Waals surface area contributed by atoms with E-state index in [9.17, 15) is 9.59 Å². The van der Waals surface area contributed by atoms with Crippen molar-refractivity contribution in [1.82, 2.24) is 19.5 Å². The molecule has 156 valence electrons. The molecule has 3 N–H and O–H groups in total. The van der Waals surface area contributed by atoms with E-state index in [-0.39, 0.29) is 23.0 Å². The zero-order valence-electron chi connectivity index (χ0n) is 16.6. The quantitative estimate of drug-likeness (QED) is 0.654. The van der Waals surface area contributed by atoms with Gasteiger partial charge >= 0.3 is 0 Å². The molecular formula is C20H22N6O4. The van der Waals surface area contributed by atoms with E-state index in [0.717, 1.165) is 25.7 Å². The second-order valence-corrected chi connectivity index (χ2v) is 6.98. The molecule has 3 heterocycles. The Bertz CT molecular complexity index is 1140. The van der Waals surface area contributed by atoms with Gasteiger partial charge in [0, 0.05) is 19.4 Å². The average Bonchev–Trinajstić information content (AvgIpc) is 2.75. The van der Waals surface area contributed by atoms with E-state index >= 15 is 0 Å². The van der Waals surface area contributed by atoms with Crippen LogP contribution in [-0.2, 0) is 7.05 Å². The highest BCUT2D eigenvalue weighted by molar-refractivity contribution is 6.03. The summed E-state index contributed by atoms with van der Waals surface area (Å²) in [6, 6.07) is 3.39. The lowest BCUT2D eigenvalue weighted by Gasteiger charge is -2.17. The minimum absolute atomic E-state index is 0.0604. The first kappa shape index (κ1) is 19.6. The summed E-state index contributed by atoms with van der Waals surface area (Å²) in [7, 11) is 1.53. The van der Waals surface area contributed by atoms with E-state index < -0.39 is 5.91 Å². The third-order valence-corrected chi connectivity index (χ3v) is 4.87. The molecule has 1 aliphatic heterocycles. The van der Waals surface area contributed by atoms with Crippen molar-refractivity contribution in [1.29, 1.82) is 0 Å². The van der Waals surface area contributed by atoms with Crippen molar-refractivity contribution < 1.29 is 14.3 Å². The fourth-order valence-electron chi connectivity index (χ4n) is 3.20. The number of hydrogen-bond acceptors (Lipinski definition) is 8. The first-order chi connectivity index (χ1) is 14.5. The number of amides is 1. The Morgan fingerprint density at radius 1 is 1.10 bits per heavy atom. The van der Waals surface area contributed by atoms with Crippen molar-refractivity contribution in [3.8, 4) is 11.5 Å². The molecule has 0 saturated carbocycles. The topological polar surface area (TPSA) is 134 Å². The predicted molar refractivity (Wildman–Crippen MR) is 111 cm³/mol. The highest BCUT2D eigenvalue weighted by atomic mass is 16.5. The fraction of sp³-hybridized carbons (Fsp3) is 0.350. The normalized spacial score (nSPS) is 14.3. The number of rotatable bonds is 2. The Morgan fingerprint density at radius 2 is 1.80 bits per heavy atom. The van der Waals surface area contributed by atoms with Crippen LogP contribution in [0.4, 0.5) is 11.9 Å². The van der Waals surface area contributed by atoms with Gasteiger partial charge in [-0.2, -0.15) is 0 Å². The van der Waals surface area contributed by atoms with Crippen molar-refractivity contribution in [2.45, 2.75) is 25.7 Å². The smallest absolute Gasteiger partial charge is 0.262 e. The summed E-state index contributed by atoms with van der Waals surface area (Å²) in [4.78, 5) is 37.6. The minimum atomic E-state index is -0.513. The molecule has 2 aromatic heterocycles. The first-order valence-electron chi connectivity index (χ1n) is 9.73. The largest absolute Gasteiger partial charge is 0.490 e. The van der Waals surface area contributed by atoms with Crippen LogP contribution in [0.1, 0.15) is 36.0 Å². The Labute approximate surface area is 172 Å². The minimum Gasteiger partial charge on any atom is -0.490 e. The molecule has 1 aliphatic rings. The van der Waals surface area contributed by atoms with E-state index in [2.05, 4.69) is 20.3 Å². The molecule has 0 aliphatic carbocycles. The average molecular weight is 410 g/mol. The number of anilines is 2. The molecule has 30 heavy (non-hydrogen) atoms. The lowest BCUT2D eigenvalue weighted by Crippen LogP contribution is -2.25. The van der Waals surface area contributed by atoms with Crippen LogP contribution in [0.25, 0.3) is 10.9 Å². The molecule has 4 rings (SSSR count). The molecule has 0 spiro atoms. The van der Waals surface area contributed by atoms with Crippen LogP contribution in [0.15, 0.2) is 29.3 Å². The van der Waals surface area contributed by atoms with E-state index in [4.69, 9.17) is 15.2 Å². The Balaban J connectivity index is 1.76. The molecular weight excluding hydrogens is 388 g/mol. The SMILES string of the molecule is Cn1c(NC(=O)c2cnc(N)nc2)nc2c3c(ccc2c1=O)OCCCCCCO3. The van der Waals surface area contributed by atoms with Gasteiger partial charge < -0.3 is 15.2 Å². The Hall–Kier alpha value is -3.69. The Morgan fingerprint density at radius 3 is 2.53 bits per heavy atom. The fourth-order valence-corrected chi connectivity index (χ4v) is 3.20. The molecule has 1 amide bonds. The van der Waals surface area contributed by atoms with E-state index in [1.165, 1.54) is 24.0 Å².